The van der Waals surface area contributed by atoms with E-state index < -0.39 is 0 Å². The van der Waals surface area contributed by atoms with Crippen molar-refractivity contribution in [1.29, 1.82) is 0 Å². The van der Waals surface area contributed by atoms with Crippen molar-refractivity contribution in [1.82, 2.24) is 10.2 Å². The Kier molecular flexibility index (Phi) is 8.16. The summed E-state index contributed by atoms with van der Waals surface area (Å²) < 4.78 is 0. The number of nitrogens with one attached hydrogen (secondary N) is 1. The van der Waals surface area contributed by atoms with E-state index in [1.165, 1.54) is 77.4 Å². The molecule has 122 valence electrons. The normalized spacial score (nSPS) is 21.3. The van der Waals surface area contributed by atoms with Crippen LogP contribution in [0.25, 0.3) is 0 Å². The van der Waals surface area contributed by atoms with E-state index >= 15 is 0 Å². The topological polar surface area (TPSA) is 32.3 Å². The zero-order valence-electron chi connectivity index (χ0n) is 13.7. The van der Waals surface area contributed by atoms with Gasteiger partial charge in [-0.15, -0.1) is 0 Å². The molecule has 0 aromatic carbocycles. The molecular formula is C18H34N2O. The number of piperidine rings is 1. The first-order chi connectivity index (χ1) is 10.3. The summed E-state index contributed by atoms with van der Waals surface area (Å²) in [5, 5.41) is 3.10. The minimum atomic E-state index is 0.276. The first kappa shape index (κ1) is 16.8. The minimum Gasteiger partial charge on any atom is -0.356 e. The fraction of sp³-hybridized carbons (Fsp3) is 0.944. The van der Waals surface area contributed by atoms with Gasteiger partial charge in [-0.3, -0.25) is 4.79 Å². The largest absolute Gasteiger partial charge is 0.356 e. The minimum absolute atomic E-state index is 0.276. The summed E-state index contributed by atoms with van der Waals surface area (Å²) in [6.45, 7) is 4.66. The number of hydrogen-bond acceptors (Lipinski definition) is 2. The second-order valence-electron chi connectivity index (χ2n) is 7.00. The van der Waals surface area contributed by atoms with Gasteiger partial charge in [-0.1, -0.05) is 38.5 Å². The maximum atomic E-state index is 11.8. The van der Waals surface area contributed by atoms with Crippen LogP contribution in [0.5, 0.6) is 0 Å². The number of likely N-dealkylation sites (tertiary alicyclic amines) is 1. The molecule has 3 nitrogen and oxygen atoms in total. The van der Waals surface area contributed by atoms with Gasteiger partial charge < -0.3 is 10.2 Å². The fourth-order valence-corrected chi connectivity index (χ4v) is 3.77. The van der Waals surface area contributed by atoms with Crippen molar-refractivity contribution >= 4 is 5.91 Å². The number of amides is 1. The number of nitrogens with zero attached hydrogens (tertiary/aromatic N) is 1. The zero-order valence-corrected chi connectivity index (χ0v) is 13.7. The SMILES string of the molecule is O=C(CCC1CCCCC1)NCCCCN1CCCCC1. The van der Waals surface area contributed by atoms with Gasteiger partial charge in [0.15, 0.2) is 0 Å². The molecule has 0 aromatic rings. The number of carbonyl (C=O) groups is 1. The quantitative estimate of drug-likeness (QED) is 0.692. The van der Waals surface area contributed by atoms with Gasteiger partial charge >= 0.3 is 0 Å². The van der Waals surface area contributed by atoms with Crippen molar-refractivity contribution < 1.29 is 4.79 Å². The molecule has 1 aliphatic heterocycles. The summed E-state index contributed by atoms with van der Waals surface area (Å²) in [7, 11) is 0. The van der Waals surface area contributed by atoms with E-state index in [2.05, 4.69) is 10.2 Å². The first-order valence-electron chi connectivity index (χ1n) is 9.33. The van der Waals surface area contributed by atoms with Gasteiger partial charge in [-0.05, 0) is 57.7 Å². The van der Waals surface area contributed by atoms with E-state index in [1.807, 2.05) is 0 Å². The highest BCUT2D eigenvalue weighted by Gasteiger charge is 2.14. The van der Waals surface area contributed by atoms with E-state index in [1.54, 1.807) is 0 Å². The predicted octanol–water partition coefficient (Wildman–Crippen LogP) is 3.73. The van der Waals surface area contributed by atoms with E-state index in [-0.39, 0.29) is 5.91 Å². The molecule has 1 saturated heterocycles. The Labute approximate surface area is 130 Å². The Hall–Kier alpha value is -0.570. The molecule has 21 heavy (non-hydrogen) atoms. The van der Waals surface area contributed by atoms with Crippen molar-refractivity contribution in [3.05, 3.63) is 0 Å². The van der Waals surface area contributed by atoms with Crippen LogP contribution >= 0.6 is 0 Å². The molecule has 1 aliphatic carbocycles. The lowest BCUT2D eigenvalue weighted by atomic mass is 9.86. The Bertz CT molecular complexity index is 281. The second-order valence-corrected chi connectivity index (χ2v) is 7.00. The van der Waals surface area contributed by atoms with Crippen LogP contribution in [0, 0.1) is 5.92 Å². The smallest absolute Gasteiger partial charge is 0.220 e. The zero-order chi connectivity index (χ0) is 14.8. The number of rotatable bonds is 8. The maximum absolute atomic E-state index is 11.8. The van der Waals surface area contributed by atoms with Crippen LogP contribution in [-0.2, 0) is 4.79 Å². The van der Waals surface area contributed by atoms with Gasteiger partial charge in [0.25, 0.3) is 0 Å². The summed E-state index contributed by atoms with van der Waals surface area (Å²) in [5.41, 5.74) is 0. The Balaban J connectivity index is 1.41. The molecule has 2 aliphatic rings. The average molecular weight is 294 g/mol. The molecular weight excluding hydrogens is 260 g/mol. The number of unbranched alkanes of at least 4 members (excludes halogenated alkanes) is 1. The number of carbonyl (C=O) groups excluding carboxylic acids is 1. The summed E-state index contributed by atoms with van der Waals surface area (Å²) in [6, 6.07) is 0. The van der Waals surface area contributed by atoms with Crippen molar-refractivity contribution in [3.63, 3.8) is 0 Å². The lowest BCUT2D eigenvalue weighted by Crippen LogP contribution is -2.31. The highest BCUT2D eigenvalue weighted by molar-refractivity contribution is 5.75. The highest BCUT2D eigenvalue weighted by Crippen LogP contribution is 2.27. The Morgan fingerprint density at radius 2 is 1.67 bits per heavy atom. The van der Waals surface area contributed by atoms with Crippen LogP contribution < -0.4 is 5.32 Å². The third-order valence-electron chi connectivity index (χ3n) is 5.18. The summed E-state index contributed by atoms with van der Waals surface area (Å²) in [5.74, 6) is 1.10. The molecule has 0 unspecified atom stereocenters. The molecule has 1 amide bonds. The molecule has 2 rings (SSSR count). The average Bonchev–Trinajstić information content (AvgIpc) is 2.54. The van der Waals surface area contributed by atoms with Crippen LogP contribution in [0.1, 0.15) is 77.0 Å². The standard InChI is InChI=1S/C18H34N2O/c21-18(12-11-17-9-3-1-4-10-17)19-13-5-8-16-20-14-6-2-7-15-20/h17H,1-16H2,(H,19,21). The van der Waals surface area contributed by atoms with Gasteiger partial charge in [0.2, 0.25) is 5.91 Å². The molecule has 2 fully saturated rings. The van der Waals surface area contributed by atoms with Crippen molar-refractivity contribution in [3.8, 4) is 0 Å². The predicted molar refractivity (Wildman–Crippen MR) is 88.3 cm³/mol. The fourth-order valence-electron chi connectivity index (χ4n) is 3.77. The lowest BCUT2D eigenvalue weighted by molar-refractivity contribution is -0.121. The highest BCUT2D eigenvalue weighted by atomic mass is 16.1. The van der Waals surface area contributed by atoms with E-state index in [9.17, 15) is 4.79 Å². The van der Waals surface area contributed by atoms with Gasteiger partial charge in [-0.25, -0.2) is 0 Å². The molecule has 0 bridgehead atoms. The molecule has 1 N–H and O–H groups in total. The number of hydrogen-bond donors (Lipinski definition) is 1. The van der Waals surface area contributed by atoms with Crippen molar-refractivity contribution in [2.45, 2.75) is 77.0 Å². The van der Waals surface area contributed by atoms with Crippen molar-refractivity contribution in [2.24, 2.45) is 5.92 Å². The second kappa shape index (κ2) is 10.2. The van der Waals surface area contributed by atoms with Crippen LogP contribution in [0.2, 0.25) is 0 Å². The van der Waals surface area contributed by atoms with E-state index in [4.69, 9.17) is 0 Å². The van der Waals surface area contributed by atoms with Gasteiger partial charge in [0.1, 0.15) is 0 Å². The van der Waals surface area contributed by atoms with Gasteiger partial charge in [0.05, 0.1) is 0 Å². The molecule has 0 radical (unpaired) electrons. The molecule has 0 spiro atoms. The van der Waals surface area contributed by atoms with Crippen LogP contribution in [0.4, 0.5) is 0 Å². The van der Waals surface area contributed by atoms with Crippen LogP contribution in [0.3, 0.4) is 0 Å². The van der Waals surface area contributed by atoms with Crippen molar-refractivity contribution in [2.75, 3.05) is 26.2 Å². The lowest BCUT2D eigenvalue weighted by Gasteiger charge is -2.26. The third-order valence-corrected chi connectivity index (χ3v) is 5.18. The molecule has 0 aromatic heterocycles. The third kappa shape index (κ3) is 7.30. The molecule has 3 heteroatoms. The Morgan fingerprint density at radius 1 is 0.952 bits per heavy atom. The first-order valence-corrected chi connectivity index (χ1v) is 9.33. The molecule has 0 atom stereocenters. The molecule has 1 saturated carbocycles. The van der Waals surface area contributed by atoms with Crippen LogP contribution in [0.15, 0.2) is 0 Å². The maximum Gasteiger partial charge on any atom is 0.220 e. The summed E-state index contributed by atoms with van der Waals surface area (Å²) in [6.07, 6.45) is 15.2. The van der Waals surface area contributed by atoms with Gasteiger partial charge in [-0.2, -0.15) is 0 Å². The summed E-state index contributed by atoms with van der Waals surface area (Å²) in [4.78, 5) is 14.4. The van der Waals surface area contributed by atoms with E-state index in [0.717, 1.165) is 31.7 Å². The Morgan fingerprint density at radius 3 is 2.43 bits per heavy atom. The van der Waals surface area contributed by atoms with E-state index in [0.29, 0.717) is 0 Å². The monoisotopic (exact) mass is 294 g/mol. The van der Waals surface area contributed by atoms with Crippen LogP contribution in [-0.4, -0.2) is 37.0 Å². The van der Waals surface area contributed by atoms with Gasteiger partial charge in [0, 0.05) is 13.0 Å². The molecule has 1 heterocycles. The summed E-state index contributed by atoms with van der Waals surface area (Å²) >= 11 is 0.